The molecule has 1 N–H and O–H groups in total. The summed E-state index contributed by atoms with van der Waals surface area (Å²) in [6.45, 7) is 2.85. The van der Waals surface area contributed by atoms with Crippen LogP contribution in [0.15, 0.2) is 0 Å². The van der Waals surface area contributed by atoms with Crippen molar-refractivity contribution in [2.75, 3.05) is 13.7 Å². The van der Waals surface area contributed by atoms with Gasteiger partial charge in [-0.3, -0.25) is 0 Å². The average Bonchev–Trinajstić information content (AvgIpc) is 2.26. The standard InChI is InChI=1S/C11H25O3P/c1-3-4-5-6-7-8-9-10-11-14-15(12)13-2/h12H,3-11H2,1-2H3. The second-order valence-corrected chi connectivity index (χ2v) is 4.83. The smallest absolute Gasteiger partial charge is 0.328 e. The summed E-state index contributed by atoms with van der Waals surface area (Å²) in [4.78, 5) is 8.98. The minimum Gasteiger partial charge on any atom is -0.328 e. The van der Waals surface area contributed by atoms with Gasteiger partial charge in [0.1, 0.15) is 0 Å². The van der Waals surface area contributed by atoms with Crippen LogP contribution < -0.4 is 0 Å². The topological polar surface area (TPSA) is 38.7 Å². The summed E-state index contributed by atoms with van der Waals surface area (Å²) in [6, 6.07) is 0. The second-order valence-electron chi connectivity index (χ2n) is 3.73. The minimum absolute atomic E-state index is 0.616. The van der Waals surface area contributed by atoms with E-state index in [4.69, 9.17) is 9.42 Å². The molecular formula is C11H25O3P. The van der Waals surface area contributed by atoms with E-state index in [9.17, 15) is 0 Å². The molecule has 15 heavy (non-hydrogen) atoms. The van der Waals surface area contributed by atoms with Gasteiger partial charge in [-0.2, -0.15) is 0 Å². The summed E-state index contributed by atoms with van der Waals surface area (Å²) in [5.74, 6) is 0. The lowest BCUT2D eigenvalue weighted by Gasteiger charge is -2.06. The maximum atomic E-state index is 8.98. The van der Waals surface area contributed by atoms with Gasteiger partial charge in [0.25, 0.3) is 0 Å². The Kier molecular flexibility index (Phi) is 12.6. The van der Waals surface area contributed by atoms with Gasteiger partial charge in [0.05, 0.1) is 6.61 Å². The van der Waals surface area contributed by atoms with E-state index in [2.05, 4.69) is 11.4 Å². The van der Waals surface area contributed by atoms with Crippen molar-refractivity contribution in [2.45, 2.75) is 58.3 Å². The van der Waals surface area contributed by atoms with E-state index >= 15 is 0 Å². The quantitative estimate of drug-likeness (QED) is 0.435. The number of hydrogen-bond donors (Lipinski definition) is 1. The Hall–Kier alpha value is 0.310. The van der Waals surface area contributed by atoms with Crippen molar-refractivity contribution in [3.05, 3.63) is 0 Å². The van der Waals surface area contributed by atoms with Gasteiger partial charge >= 0.3 is 8.60 Å². The Morgan fingerprint density at radius 3 is 2.00 bits per heavy atom. The van der Waals surface area contributed by atoms with Crippen molar-refractivity contribution in [1.82, 2.24) is 0 Å². The lowest BCUT2D eigenvalue weighted by Crippen LogP contribution is -1.91. The largest absolute Gasteiger partial charge is 0.329 e. The zero-order chi connectivity index (χ0) is 11.4. The fourth-order valence-electron chi connectivity index (χ4n) is 1.43. The fourth-order valence-corrected chi connectivity index (χ4v) is 1.82. The summed E-state index contributed by atoms with van der Waals surface area (Å²) in [5.41, 5.74) is 0. The third-order valence-electron chi connectivity index (χ3n) is 2.36. The van der Waals surface area contributed by atoms with Crippen LogP contribution in [0.3, 0.4) is 0 Å². The molecule has 0 bridgehead atoms. The highest BCUT2D eigenvalue weighted by Gasteiger charge is 2.01. The molecule has 0 aromatic rings. The zero-order valence-corrected chi connectivity index (χ0v) is 11.0. The molecule has 0 heterocycles. The van der Waals surface area contributed by atoms with Crippen LogP contribution in [0.1, 0.15) is 58.3 Å². The van der Waals surface area contributed by atoms with Crippen LogP contribution in [-0.2, 0) is 9.05 Å². The van der Waals surface area contributed by atoms with Gasteiger partial charge in [0, 0.05) is 7.11 Å². The highest BCUT2D eigenvalue weighted by atomic mass is 31.2. The molecule has 0 saturated carbocycles. The monoisotopic (exact) mass is 236 g/mol. The number of hydrogen-bond acceptors (Lipinski definition) is 3. The van der Waals surface area contributed by atoms with Gasteiger partial charge in [-0.15, -0.1) is 0 Å². The van der Waals surface area contributed by atoms with Crippen molar-refractivity contribution in [3.8, 4) is 0 Å². The predicted octanol–water partition coefficient (Wildman–Crippen LogP) is 4.01. The molecule has 4 heteroatoms. The molecule has 0 amide bonds. The average molecular weight is 236 g/mol. The summed E-state index contributed by atoms with van der Waals surface area (Å²) in [6.07, 6.45) is 10.2. The van der Waals surface area contributed by atoms with Gasteiger partial charge in [-0.25, -0.2) is 0 Å². The SMILES string of the molecule is CCCCCCCCCCOP(O)OC. The van der Waals surface area contributed by atoms with Crippen molar-refractivity contribution in [2.24, 2.45) is 0 Å². The normalized spacial score (nSPS) is 13.0. The number of rotatable bonds is 11. The molecule has 0 spiro atoms. The fraction of sp³-hybridized carbons (Fsp3) is 1.00. The lowest BCUT2D eigenvalue weighted by molar-refractivity contribution is 0.224. The first-order valence-electron chi connectivity index (χ1n) is 5.97. The highest BCUT2D eigenvalue weighted by molar-refractivity contribution is 7.40. The first-order chi connectivity index (χ1) is 7.31. The van der Waals surface area contributed by atoms with Gasteiger partial charge in [0.2, 0.25) is 0 Å². The molecule has 1 unspecified atom stereocenters. The molecule has 0 aliphatic carbocycles. The van der Waals surface area contributed by atoms with Crippen molar-refractivity contribution in [1.29, 1.82) is 0 Å². The molecule has 0 fully saturated rings. The summed E-state index contributed by atoms with van der Waals surface area (Å²) in [7, 11) is -0.153. The molecule has 0 aliphatic rings. The zero-order valence-electron chi connectivity index (χ0n) is 10.1. The van der Waals surface area contributed by atoms with E-state index in [1.165, 1.54) is 52.1 Å². The Labute approximate surface area is 95.2 Å². The molecule has 0 aromatic carbocycles. The van der Waals surface area contributed by atoms with Crippen LogP contribution in [0.2, 0.25) is 0 Å². The minimum atomic E-state index is -1.61. The van der Waals surface area contributed by atoms with Crippen molar-refractivity contribution in [3.63, 3.8) is 0 Å². The van der Waals surface area contributed by atoms with E-state index in [1.807, 2.05) is 0 Å². The first-order valence-corrected chi connectivity index (χ1v) is 7.10. The molecule has 3 nitrogen and oxygen atoms in total. The predicted molar refractivity (Wildman–Crippen MR) is 64.7 cm³/mol. The molecule has 1 atom stereocenters. The molecular weight excluding hydrogens is 211 g/mol. The second kappa shape index (κ2) is 12.4. The molecule has 0 rings (SSSR count). The third kappa shape index (κ3) is 12.2. The van der Waals surface area contributed by atoms with Crippen LogP contribution in [0.25, 0.3) is 0 Å². The van der Waals surface area contributed by atoms with Crippen LogP contribution >= 0.6 is 8.60 Å². The maximum absolute atomic E-state index is 8.98. The van der Waals surface area contributed by atoms with E-state index in [1.54, 1.807) is 0 Å². The van der Waals surface area contributed by atoms with Gasteiger partial charge in [-0.1, -0.05) is 51.9 Å². The van der Waals surface area contributed by atoms with Crippen molar-refractivity contribution >= 4 is 8.60 Å². The van der Waals surface area contributed by atoms with Gasteiger partial charge in [-0.05, 0) is 6.42 Å². The molecule has 92 valence electrons. The van der Waals surface area contributed by atoms with Crippen molar-refractivity contribution < 1.29 is 13.9 Å². The number of unbranched alkanes of at least 4 members (excludes halogenated alkanes) is 7. The summed E-state index contributed by atoms with van der Waals surface area (Å²) >= 11 is 0. The van der Waals surface area contributed by atoms with E-state index in [0.29, 0.717) is 6.61 Å². The highest BCUT2D eigenvalue weighted by Crippen LogP contribution is 2.31. The summed E-state index contributed by atoms with van der Waals surface area (Å²) in [5, 5.41) is 0. The molecule has 0 radical (unpaired) electrons. The Bertz CT molecular complexity index is 122. The van der Waals surface area contributed by atoms with Gasteiger partial charge in [0.15, 0.2) is 0 Å². The Morgan fingerprint density at radius 2 is 1.47 bits per heavy atom. The summed E-state index contributed by atoms with van der Waals surface area (Å²) < 4.78 is 9.65. The molecule has 0 aromatic heterocycles. The van der Waals surface area contributed by atoms with Gasteiger partial charge < -0.3 is 13.9 Å². The van der Waals surface area contributed by atoms with Crippen LogP contribution in [0.5, 0.6) is 0 Å². The first kappa shape index (κ1) is 15.3. The van der Waals surface area contributed by atoms with E-state index < -0.39 is 8.60 Å². The van der Waals surface area contributed by atoms with E-state index in [-0.39, 0.29) is 0 Å². The lowest BCUT2D eigenvalue weighted by atomic mass is 10.1. The Balaban J connectivity index is 2.92. The maximum Gasteiger partial charge on any atom is 0.329 e. The van der Waals surface area contributed by atoms with Crippen LogP contribution in [0, 0.1) is 0 Å². The molecule has 0 aliphatic heterocycles. The Morgan fingerprint density at radius 1 is 0.933 bits per heavy atom. The van der Waals surface area contributed by atoms with Crippen LogP contribution in [-0.4, -0.2) is 18.6 Å². The molecule has 0 saturated heterocycles. The third-order valence-corrected chi connectivity index (χ3v) is 3.07. The van der Waals surface area contributed by atoms with E-state index in [0.717, 1.165) is 6.42 Å². The van der Waals surface area contributed by atoms with Crippen LogP contribution in [0.4, 0.5) is 0 Å².